The van der Waals surface area contributed by atoms with Gasteiger partial charge in [-0.2, -0.15) is 0 Å². The lowest BCUT2D eigenvalue weighted by Gasteiger charge is -2.22. The third-order valence-electron chi connectivity index (χ3n) is 2.76. The number of halogens is 1. The topological polar surface area (TPSA) is 101 Å². The molecule has 0 atom stereocenters. The Labute approximate surface area is 123 Å². The number of nitrogens with one attached hydrogen (secondary N) is 1. The molecule has 116 valence electrons. The van der Waals surface area contributed by atoms with Crippen molar-refractivity contribution in [3.8, 4) is 0 Å². The number of rotatable bonds is 8. The summed E-state index contributed by atoms with van der Waals surface area (Å²) in [4.78, 5) is 23.3. The molecule has 0 spiro atoms. The number of carbonyl (C=O) groups is 2. The van der Waals surface area contributed by atoms with Crippen LogP contribution < -0.4 is 21.7 Å². The van der Waals surface area contributed by atoms with E-state index in [0.717, 1.165) is 5.56 Å². The van der Waals surface area contributed by atoms with Gasteiger partial charge in [-0.3, -0.25) is 9.59 Å². The van der Waals surface area contributed by atoms with E-state index in [1.54, 1.807) is 6.07 Å². The summed E-state index contributed by atoms with van der Waals surface area (Å²) in [5.74, 6) is -1.86. The van der Waals surface area contributed by atoms with Crippen LogP contribution >= 0.6 is 0 Å². The molecule has 21 heavy (non-hydrogen) atoms. The van der Waals surface area contributed by atoms with Crippen molar-refractivity contribution in [2.45, 2.75) is 26.4 Å². The molecule has 0 aliphatic rings. The molecule has 5 N–H and O–H groups in total. The molecule has 0 aliphatic heterocycles. The van der Waals surface area contributed by atoms with Gasteiger partial charge < -0.3 is 21.7 Å². The number of benzene rings is 1. The maximum absolute atomic E-state index is 14.2. The predicted molar refractivity (Wildman–Crippen MR) is 79.0 cm³/mol. The Morgan fingerprint density at radius 1 is 1.24 bits per heavy atom. The van der Waals surface area contributed by atoms with Crippen molar-refractivity contribution < 1.29 is 14.0 Å². The van der Waals surface area contributed by atoms with Gasteiger partial charge >= 0.3 is 0 Å². The molecule has 1 rings (SSSR count). The van der Waals surface area contributed by atoms with Crippen molar-refractivity contribution in [1.29, 1.82) is 0 Å². The lowest BCUT2D eigenvalue weighted by Crippen LogP contribution is -2.40. The van der Waals surface area contributed by atoms with Gasteiger partial charge in [0.05, 0.1) is 18.8 Å². The fourth-order valence-electron chi connectivity index (χ4n) is 1.84. The first-order valence-corrected chi connectivity index (χ1v) is 6.63. The van der Waals surface area contributed by atoms with Gasteiger partial charge in [0.25, 0.3) is 0 Å². The number of primary amides is 2. The summed E-state index contributed by atoms with van der Waals surface area (Å²) in [6.07, 6.45) is 0. The quantitative estimate of drug-likeness (QED) is 0.633. The molecular weight excluding hydrogens is 275 g/mol. The van der Waals surface area contributed by atoms with E-state index < -0.39 is 17.6 Å². The largest absolute Gasteiger partial charge is 0.368 e. The smallest absolute Gasteiger partial charge is 0.236 e. The third kappa shape index (κ3) is 5.78. The first kappa shape index (κ1) is 16.9. The summed E-state index contributed by atoms with van der Waals surface area (Å²) in [6.45, 7) is 3.96. The van der Waals surface area contributed by atoms with Crippen molar-refractivity contribution in [3.63, 3.8) is 0 Å². The molecule has 6 nitrogen and oxygen atoms in total. The zero-order chi connectivity index (χ0) is 16.0. The van der Waals surface area contributed by atoms with Crippen LogP contribution in [0.1, 0.15) is 19.4 Å². The van der Waals surface area contributed by atoms with E-state index >= 15 is 0 Å². The molecule has 0 saturated heterocycles. The van der Waals surface area contributed by atoms with E-state index in [2.05, 4.69) is 5.32 Å². The number of hydrogen-bond donors (Lipinski definition) is 3. The molecule has 2 amide bonds. The van der Waals surface area contributed by atoms with Crippen molar-refractivity contribution in [1.82, 2.24) is 5.32 Å². The minimum absolute atomic E-state index is 0.126. The van der Waals surface area contributed by atoms with Gasteiger partial charge in [0, 0.05) is 12.6 Å². The second-order valence-electron chi connectivity index (χ2n) is 5.11. The second kappa shape index (κ2) is 7.58. The van der Waals surface area contributed by atoms with Gasteiger partial charge in [0.1, 0.15) is 5.82 Å². The number of hydrogen-bond acceptors (Lipinski definition) is 4. The van der Waals surface area contributed by atoms with Gasteiger partial charge in [0.2, 0.25) is 11.8 Å². The van der Waals surface area contributed by atoms with Gasteiger partial charge in [-0.1, -0.05) is 19.9 Å². The Morgan fingerprint density at radius 3 is 2.24 bits per heavy atom. The molecule has 0 bridgehead atoms. The van der Waals surface area contributed by atoms with Crippen molar-refractivity contribution in [3.05, 3.63) is 29.6 Å². The van der Waals surface area contributed by atoms with E-state index in [1.165, 1.54) is 17.0 Å². The van der Waals surface area contributed by atoms with Crippen LogP contribution in [0.4, 0.5) is 10.1 Å². The third-order valence-corrected chi connectivity index (χ3v) is 2.76. The molecule has 0 heterocycles. The molecule has 1 aromatic carbocycles. The van der Waals surface area contributed by atoms with Crippen molar-refractivity contribution in [2.75, 3.05) is 18.0 Å². The number of nitrogens with zero attached hydrogens (tertiary/aromatic N) is 1. The molecule has 0 aromatic heterocycles. The van der Waals surface area contributed by atoms with Gasteiger partial charge in [-0.15, -0.1) is 0 Å². The Kier molecular flexibility index (Phi) is 6.10. The highest BCUT2D eigenvalue weighted by atomic mass is 19.1. The zero-order valence-corrected chi connectivity index (χ0v) is 12.2. The van der Waals surface area contributed by atoms with Crippen LogP contribution in [0.5, 0.6) is 0 Å². The minimum atomic E-state index is -0.666. The molecule has 0 fully saturated rings. The summed E-state index contributed by atoms with van der Waals surface area (Å²) in [7, 11) is 0. The summed E-state index contributed by atoms with van der Waals surface area (Å²) < 4.78 is 14.2. The summed E-state index contributed by atoms with van der Waals surface area (Å²) in [5, 5.41) is 3.17. The normalized spacial score (nSPS) is 10.7. The summed E-state index contributed by atoms with van der Waals surface area (Å²) in [6, 6.07) is 4.88. The average molecular weight is 296 g/mol. The second-order valence-corrected chi connectivity index (χ2v) is 5.11. The Bertz CT molecular complexity index is 504. The number of nitrogens with two attached hydrogens (primary N) is 2. The molecule has 0 saturated carbocycles. The van der Waals surface area contributed by atoms with Crippen LogP contribution in [0, 0.1) is 5.82 Å². The van der Waals surface area contributed by atoms with Crippen LogP contribution in [0.3, 0.4) is 0 Å². The first-order valence-electron chi connectivity index (χ1n) is 6.63. The molecule has 7 heteroatoms. The Morgan fingerprint density at radius 2 is 1.81 bits per heavy atom. The molecule has 0 aliphatic carbocycles. The van der Waals surface area contributed by atoms with Crippen molar-refractivity contribution in [2.24, 2.45) is 11.5 Å². The maximum Gasteiger partial charge on any atom is 0.236 e. The van der Waals surface area contributed by atoms with Gasteiger partial charge in [-0.05, 0) is 17.7 Å². The van der Waals surface area contributed by atoms with Crippen LogP contribution in [0.25, 0.3) is 0 Å². The van der Waals surface area contributed by atoms with E-state index in [-0.39, 0.29) is 24.8 Å². The van der Waals surface area contributed by atoms with Gasteiger partial charge in [0.15, 0.2) is 0 Å². The lowest BCUT2D eigenvalue weighted by atomic mass is 10.1. The fourth-order valence-corrected chi connectivity index (χ4v) is 1.84. The highest BCUT2D eigenvalue weighted by Gasteiger charge is 2.16. The first-order chi connectivity index (χ1) is 9.79. The van der Waals surface area contributed by atoms with E-state index in [0.29, 0.717) is 6.54 Å². The molecule has 1 aromatic rings. The standard InChI is InChI=1S/C14H21FN4O2/c1-9(2)18-6-10-3-4-12(11(15)5-10)19(7-13(16)20)8-14(17)21/h3-5,9,18H,6-8H2,1-2H3,(H2,16,20)(H2,17,21). The number of carbonyl (C=O) groups excluding carboxylic acids is 2. The van der Waals surface area contributed by atoms with Crippen LogP contribution in [-0.4, -0.2) is 30.9 Å². The van der Waals surface area contributed by atoms with E-state index in [4.69, 9.17) is 11.5 Å². The SMILES string of the molecule is CC(C)NCc1ccc(N(CC(N)=O)CC(N)=O)c(F)c1. The summed E-state index contributed by atoms with van der Waals surface area (Å²) >= 11 is 0. The average Bonchev–Trinajstić information content (AvgIpc) is 2.34. The maximum atomic E-state index is 14.2. The molecule has 0 unspecified atom stereocenters. The van der Waals surface area contributed by atoms with E-state index in [1.807, 2.05) is 13.8 Å². The Balaban J connectivity index is 2.93. The molecule has 0 radical (unpaired) electrons. The van der Waals surface area contributed by atoms with Crippen LogP contribution in [0.2, 0.25) is 0 Å². The lowest BCUT2D eigenvalue weighted by molar-refractivity contribution is -0.117. The highest BCUT2D eigenvalue weighted by molar-refractivity contribution is 5.84. The predicted octanol–water partition coefficient (Wildman–Crippen LogP) is 0.101. The zero-order valence-electron chi connectivity index (χ0n) is 12.2. The minimum Gasteiger partial charge on any atom is -0.368 e. The van der Waals surface area contributed by atoms with Gasteiger partial charge in [-0.25, -0.2) is 4.39 Å². The monoisotopic (exact) mass is 296 g/mol. The van der Waals surface area contributed by atoms with E-state index in [9.17, 15) is 14.0 Å². The number of anilines is 1. The molecular formula is C14H21FN4O2. The summed E-state index contributed by atoms with van der Waals surface area (Å²) in [5.41, 5.74) is 11.1. The van der Waals surface area contributed by atoms with Crippen LogP contribution in [-0.2, 0) is 16.1 Å². The fraction of sp³-hybridized carbons (Fsp3) is 0.429. The van der Waals surface area contributed by atoms with Crippen molar-refractivity contribution >= 4 is 17.5 Å². The Hall–Kier alpha value is -2.15. The van der Waals surface area contributed by atoms with Crippen LogP contribution in [0.15, 0.2) is 18.2 Å². The number of amides is 2. The highest BCUT2D eigenvalue weighted by Crippen LogP contribution is 2.20.